The highest BCUT2D eigenvalue weighted by molar-refractivity contribution is 5.15. The van der Waals surface area contributed by atoms with Crippen LogP contribution in [0.2, 0.25) is 0 Å². The summed E-state index contributed by atoms with van der Waals surface area (Å²) in [5.41, 5.74) is 1.32. The largest absolute Gasteiger partial charge is 0.340 e. The lowest BCUT2D eigenvalue weighted by Gasteiger charge is -2.06. The molecule has 3 nitrogen and oxygen atoms in total. The first-order chi connectivity index (χ1) is 7.90. The highest BCUT2D eigenvalue weighted by Gasteiger charge is 2.03. The third kappa shape index (κ3) is 2.70. The molecule has 84 valence electrons. The van der Waals surface area contributed by atoms with Gasteiger partial charge in [0.2, 0.25) is 0 Å². The van der Waals surface area contributed by atoms with Gasteiger partial charge in [0.05, 0.1) is 6.54 Å². The van der Waals surface area contributed by atoms with Crippen molar-refractivity contribution in [2.75, 3.05) is 6.54 Å². The number of aromatic nitrogens is 2. The van der Waals surface area contributed by atoms with Crippen LogP contribution in [-0.4, -0.2) is 16.1 Å². The molecule has 0 fully saturated rings. The zero-order valence-electron chi connectivity index (χ0n) is 9.63. The van der Waals surface area contributed by atoms with Crippen LogP contribution in [0.3, 0.4) is 0 Å². The van der Waals surface area contributed by atoms with Crippen molar-refractivity contribution in [1.82, 2.24) is 9.55 Å². The second-order valence-electron chi connectivity index (χ2n) is 3.86. The molecule has 1 aromatic heterocycles. The maximum Gasteiger partial charge on any atom is 0.164 e. The van der Waals surface area contributed by atoms with Gasteiger partial charge in [0.1, 0.15) is 6.54 Å². The molecular formula is C13H18N3+. The molecule has 0 amide bonds. The third-order valence-corrected chi connectivity index (χ3v) is 2.61. The molecule has 0 saturated heterocycles. The molecule has 0 unspecified atom stereocenters. The smallest absolute Gasteiger partial charge is 0.164 e. The van der Waals surface area contributed by atoms with Gasteiger partial charge in [0, 0.05) is 18.9 Å². The highest BCUT2D eigenvalue weighted by Crippen LogP contribution is 2.04. The van der Waals surface area contributed by atoms with E-state index < -0.39 is 0 Å². The van der Waals surface area contributed by atoms with Crippen LogP contribution in [0.4, 0.5) is 0 Å². The SMILES string of the molecule is CC[NH2+]Cc1nccn1Cc1ccccc1. The van der Waals surface area contributed by atoms with Crippen LogP contribution >= 0.6 is 0 Å². The van der Waals surface area contributed by atoms with Gasteiger partial charge in [-0.1, -0.05) is 30.3 Å². The molecule has 0 radical (unpaired) electrons. The molecule has 0 aliphatic rings. The van der Waals surface area contributed by atoms with Crippen LogP contribution in [0.25, 0.3) is 0 Å². The maximum atomic E-state index is 4.38. The quantitative estimate of drug-likeness (QED) is 0.795. The average molecular weight is 216 g/mol. The molecule has 2 N–H and O–H groups in total. The molecule has 16 heavy (non-hydrogen) atoms. The first-order valence-corrected chi connectivity index (χ1v) is 5.75. The molecule has 0 atom stereocenters. The lowest BCUT2D eigenvalue weighted by Crippen LogP contribution is -2.82. The molecule has 0 aliphatic carbocycles. The summed E-state index contributed by atoms with van der Waals surface area (Å²) in [4.78, 5) is 4.38. The minimum absolute atomic E-state index is 0.910. The molecule has 3 heteroatoms. The van der Waals surface area contributed by atoms with Gasteiger partial charge in [-0.2, -0.15) is 0 Å². The first-order valence-electron chi connectivity index (χ1n) is 5.75. The normalized spacial score (nSPS) is 10.6. The fourth-order valence-corrected chi connectivity index (χ4v) is 1.73. The van der Waals surface area contributed by atoms with E-state index in [4.69, 9.17) is 0 Å². The zero-order chi connectivity index (χ0) is 11.2. The summed E-state index contributed by atoms with van der Waals surface area (Å²) in [5.74, 6) is 1.14. The van der Waals surface area contributed by atoms with Crippen molar-refractivity contribution in [3.05, 3.63) is 54.1 Å². The molecule has 0 spiro atoms. The van der Waals surface area contributed by atoms with Crippen molar-refractivity contribution in [3.63, 3.8) is 0 Å². The van der Waals surface area contributed by atoms with E-state index in [1.807, 2.05) is 18.5 Å². The predicted molar refractivity (Wildman–Crippen MR) is 63.9 cm³/mol. The van der Waals surface area contributed by atoms with Gasteiger partial charge < -0.3 is 9.88 Å². The van der Waals surface area contributed by atoms with E-state index in [9.17, 15) is 0 Å². The Morgan fingerprint density at radius 3 is 2.81 bits per heavy atom. The van der Waals surface area contributed by atoms with E-state index in [0.717, 1.165) is 25.5 Å². The molecule has 0 aliphatic heterocycles. The number of rotatable bonds is 5. The second kappa shape index (κ2) is 5.47. The molecule has 2 aromatic rings. The summed E-state index contributed by atoms with van der Waals surface area (Å²) in [6.45, 7) is 5.12. The monoisotopic (exact) mass is 216 g/mol. The average Bonchev–Trinajstić information content (AvgIpc) is 2.75. The molecule has 0 bridgehead atoms. The molecule has 2 rings (SSSR count). The van der Waals surface area contributed by atoms with Crippen LogP contribution in [0.5, 0.6) is 0 Å². The summed E-state index contributed by atoms with van der Waals surface area (Å²) >= 11 is 0. The van der Waals surface area contributed by atoms with Gasteiger partial charge in [-0.15, -0.1) is 0 Å². The Morgan fingerprint density at radius 1 is 1.25 bits per heavy atom. The summed E-state index contributed by atoms with van der Waals surface area (Å²) in [7, 11) is 0. The number of nitrogens with two attached hydrogens (primary N) is 1. The van der Waals surface area contributed by atoms with Crippen LogP contribution in [0.15, 0.2) is 42.7 Å². The Hall–Kier alpha value is -1.61. The summed E-state index contributed by atoms with van der Waals surface area (Å²) in [6.07, 6.45) is 3.92. The van der Waals surface area contributed by atoms with Crippen molar-refractivity contribution in [2.45, 2.75) is 20.0 Å². The number of hydrogen-bond donors (Lipinski definition) is 1. The lowest BCUT2D eigenvalue weighted by atomic mass is 10.2. The van der Waals surface area contributed by atoms with Crippen molar-refractivity contribution in [1.29, 1.82) is 0 Å². The highest BCUT2D eigenvalue weighted by atomic mass is 15.1. The number of imidazole rings is 1. The second-order valence-corrected chi connectivity index (χ2v) is 3.86. The van der Waals surface area contributed by atoms with Crippen LogP contribution in [-0.2, 0) is 13.1 Å². The Bertz CT molecular complexity index is 420. The van der Waals surface area contributed by atoms with Crippen molar-refractivity contribution < 1.29 is 5.32 Å². The van der Waals surface area contributed by atoms with Gasteiger partial charge in [-0.25, -0.2) is 4.98 Å². The van der Waals surface area contributed by atoms with Gasteiger partial charge in [-0.05, 0) is 12.5 Å². The fourth-order valence-electron chi connectivity index (χ4n) is 1.73. The fraction of sp³-hybridized carbons (Fsp3) is 0.308. The van der Waals surface area contributed by atoms with Crippen LogP contribution in [0, 0.1) is 0 Å². The topological polar surface area (TPSA) is 34.4 Å². The zero-order valence-corrected chi connectivity index (χ0v) is 9.63. The minimum atomic E-state index is 0.910. The van der Waals surface area contributed by atoms with Gasteiger partial charge in [0.25, 0.3) is 0 Å². The summed E-state index contributed by atoms with van der Waals surface area (Å²) < 4.78 is 2.21. The Morgan fingerprint density at radius 2 is 2.06 bits per heavy atom. The molecule has 1 heterocycles. The Labute approximate surface area is 96.1 Å². The molecule has 1 aromatic carbocycles. The predicted octanol–water partition coefficient (Wildman–Crippen LogP) is 1.01. The number of benzene rings is 1. The first kappa shape index (κ1) is 10.9. The van der Waals surface area contributed by atoms with Crippen LogP contribution < -0.4 is 5.32 Å². The van der Waals surface area contributed by atoms with E-state index in [-0.39, 0.29) is 0 Å². The van der Waals surface area contributed by atoms with E-state index >= 15 is 0 Å². The van der Waals surface area contributed by atoms with Gasteiger partial charge in [-0.3, -0.25) is 0 Å². The van der Waals surface area contributed by atoms with Gasteiger partial charge in [0.15, 0.2) is 5.82 Å². The Balaban J connectivity index is 2.07. The third-order valence-electron chi connectivity index (χ3n) is 2.61. The van der Waals surface area contributed by atoms with E-state index in [1.54, 1.807) is 0 Å². The molecular weight excluding hydrogens is 198 g/mol. The minimum Gasteiger partial charge on any atom is -0.340 e. The summed E-state index contributed by atoms with van der Waals surface area (Å²) in [6, 6.07) is 10.5. The standard InChI is InChI=1S/C13H17N3/c1-2-14-10-13-15-8-9-16(13)11-12-6-4-3-5-7-12/h3-9,14H,2,10-11H2,1H3/p+1. The molecule has 0 saturated carbocycles. The van der Waals surface area contributed by atoms with Crippen molar-refractivity contribution >= 4 is 0 Å². The maximum absolute atomic E-state index is 4.38. The number of quaternary nitrogens is 1. The summed E-state index contributed by atoms with van der Waals surface area (Å²) in [5, 5.41) is 2.25. The van der Waals surface area contributed by atoms with Crippen molar-refractivity contribution in [2.24, 2.45) is 0 Å². The van der Waals surface area contributed by atoms with E-state index in [0.29, 0.717) is 0 Å². The Kier molecular flexibility index (Phi) is 3.72. The number of nitrogens with zero attached hydrogens (tertiary/aromatic N) is 2. The van der Waals surface area contributed by atoms with E-state index in [2.05, 4.69) is 46.1 Å². The van der Waals surface area contributed by atoms with E-state index in [1.165, 1.54) is 5.56 Å². The van der Waals surface area contributed by atoms with Crippen molar-refractivity contribution in [3.8, 4) is 0 Å². The van der Waals surface area contributed by atoms with Crippen LogP contribution in [0.1, 0.15) is 18.3 Å². The number of hydrogen-bond acceptors (Lipinski definition) is 1. The van der Waals surface area contributed by atoms with Gasteiger partial charge >= 0.3 is 0 Å². The lowest BCUT2D eigenvalue weighted by molar-refractivity contribution is -0.668.